The number of hydrogen-bond donors (Lipinski definition) is 0. The van der Waals surface area contributed by atoms with Gasteiger partial charge in [0.15, 0.2) is 5.78 Å². The van der Waals surface area contributed by atoms with Gasteiger partial charge in [0.25, 0.3) is 0 Å². The third-order valence-electron chi connectivity index (χ3n) is 5.38. The van der Waals surface area contributed by atoms with Crippen molar-refractivity contribution in [2.24, 2.45) is 7.05 Å². The Balaban J connectivity index is 1.38. The minimum atomic E-state index is -0.128. The zero-order chi connectivity index (χ0) is 21.1. The fourth-order valence-electron chi connectivity index (χ4n) is 3.66. The lowest BCUT2D eigenvalue weighted by molar-refractivity contribution is 0.0926. The van der Waals surface area contributed by atoms with Gasteiger partial charge in [-0.1, -0.05) is 17.7 Å². The van der Waals surface area contributed by atoms with Gasteiger partial charge in [0.05, 0.1) is 12.2 Å². The molecule has 0 amide bonds. The molecule has 154 valence electrons. The van der Waals surface area contributed by atoms with Crippen molar-refractivity contribution in [3.63, 3.8) is 0 Å². The lowest BCUT2D eigenvalue weighted by atomic mass is 10.1. The van der Waals surface area contributed by atoms with E-state index in [0.717, 1.165) is 32.0 Å². The highest BCUT2D eigenvalue weighted by Crippen LogP contribution is 2.17. The summed E-state index contributed by atoms with van der Waals surface area (Å²) in [5, 5.41) is 0.581. The van der Waals surface area contributed by atoms with Crippen LogP contribution in [0.15, 0.2) is 60.9 Å². The van der Waals surface area contributed by atoms with Crippen LogP contribution in [0.2, 0.25) is 5.02 Å². The van der Waals surface area contributed by atoms with E-state index in [0.29, 0.717) is 28.4 Å². The van der Waals surface area contributed by atoms with E-state index in [2.05, 4.69) is 14.8 Å². The number of hydrogen-bond acceptors (Lipinski definition) is 5. The molecule has 1 aliphatic rings. The Bertz CT molecular complexity index is 1040. The summed E-state index contributed by atoms with van der Waals surface area (Å²) in [7, 11) is 1.78. The van der Waals surface area contributed by atoms with Gasteiger partial charge in [0.1, 0.15) is 5.82 Å². The molecule has 1 fully saturated rings. The highest BCUT2D eigenvalue weighted by molar-refractivity contribution is 6.30. The molecule has 4 rings (SSSR count). The predicted molar refractivity (Wildman–Crippen MR) is 118 cm³/mol. The molecule has 0 spiro atoms. The summed E-state index contributed by atoms with van der Waals surface area (Å²) in [6, 6.07) is 14.3. The SMILES string of the molecule is Cn1cc(C(=O)CN2CCN(c3ccccn3)CC2)cc1C(=O)c1ccc(Cl)cc1. The number of Topliss-reactive ketones (excluding diaryl/α,β-unsaturated/α-hetero) is 1. The highest BCUT2D eigenvalue weighted by atomic mass is 35.5. The normalized spacial score (nSPS) is 14.7. The maximum absolute atomic E-state index is 12.8. The lowest BCUT2D eigenvalue weighted by Gasteiger charge is -2.34. The number of rotatable bonds is 6. The van der Waals surface area contributed by atoms with Crippen molar-refractivity contribution < 1.29 is 9.59 Å². The van der Waals surface area contributed by atoms with E-state index < -0.39 is 0 Å². The van der Waals surface area contributed by atoms with Crippen molar-refractivity contribution in [3.8, 4) is 0 Å². The lowest BCUT2D eigenvalue weighted by Crippen LogP contribution is -2.48. The molecule has 1 aliphatic heterocycles. The number of halogens is 1. The second-order valence-electron chi connectivity index (χ2n) is 7.44. The van der Waals surface area contributed by atoms with E-state index in [1.165, 1.54) is 0 Å². The highest BCUT2D eigenvalue weighted by Gasteiger charge is 2.22. The van der Waals surface area contributed by atoms with Crippen LogP contribution in [-0.4, -0.2) is 58.7 Å². The quantitative estimate of drug-likeness (QED) is 0.570. The molecule has 2 aromatic heterocycles. The van der Waals surface area contributed by atoms with Crippen molar-refractivity contribution in [1.82, 2.24) is 14.5 Å². The molecule has 0 aliphatic carbocycles. The number of aryl methyl sites for hydroxylation is 1. The van der Waals surface area contributed by atoms with Gasteiger partial charge < -0.3 is 9.47 Å². The van der Waals surface area contributed by atoms with Gasteiger partial charge in [-0.3, -0.25) is 14.5 Å². The average molecular weight is 423 g/mol. The molecule has 0 N–H and O–H groups in total. The molecule has 0 atom stereocenters. The molecule has 1 aromatic carbocycles. The minimum absolute atomic E-state index is 0.0204. The van der Waals surface area contributed by atoms with Crippen molar-refractivity contribution in [3.05, 3.63) is 82.8 Å². The van der Waals surface area contributed by atoms with Crippen LogP contribution in [0.25, 0.3) is 0 Å². The van der Waals surface area contributed by atoms with Crippen molar-refractivity contribution in [2.75, 3.05) is 37.6 Å². The fourth-order valence-corrected chi connectivity index (χ4v) is 3.79. The van der Waals surface area contributed by atoms with E-state index in [4.69, 9.17) is 11.6 Å². The summed E-state index contributed by atoms with van der Waals surface area (Å²) in [6.07, 6.45) is 3.53. The standard InChI is InChI=1S/C23H23ClN4O2/c1-26-15-18(14-20(26)23(30)17-5-7-19(24)8-6-17)21(29)16-27-10-12-28(13-11-27)22-4-2-3-9-25-22/h2-9,14-15H,10-13,16H2,1H3. The second-order valence-corrected chi connectivity index (χ2v) is 7.87. The van der Waals surface area contributed by atoms with Gasteiger partial charge in [-0.25, -0.2) is 4.98 Å². The first-order valence-electron chi connectivity index (χ1n) is 9.89. The molecule has 6 nitrogen and oxygen atoms in total. The van der Waals surface area contributed by atoms with Crippen LogP contribution in [0, 0.1) is 0 Å². The first-order valence-corrected chi connectivity index (χ1v) is 10.3. The number of carbonyl (C=O) groups is 2. The van der Waals surface area contributed by atoms with Crippen LogP contribution in [-0.2, 0) is 7.05 Å². The van der Waals surface area contributed by atoms with E-state index in [1.807, 2.05) is 18.2 Å². The molecule has 0 bridgehead atoms. The summed E-state index contributed by atoms with van der Waals surface area (Å²) in [5.41, 5.74) is 1.59. The number of nitrogens with zero attached hydrogens (tertiary/aromatic N) is 4. The molecular formula is C23H23ClN4O2. The number of pyridine rings is 1. The summed E-state index contributed by atoms with van der Waals surface area (Å²) in [5.74, 6) is 0.862. The number of ketones is 2. The van der Waals surface area contributed by atoms with E-state index >= 15 is 0 Å². The third kappa shape index (κ3) is 4.45. The first kappa shape index (κ1) is 20.3. The third-order valence-corrected chi connectivity index (χ3v) is 5.63. The molecule has 0 radical (unpaired) electrons. The number of benzene rings is 1. The maximum atomic E-state index is 12.8. The summed E-state index contributed by atoms with van der Waals surface area (Å²) in [4.78, 5) is 34.4. The van der Waals surface area contributed by atoms with Gasteiger partial charge in [-0.15, -0.1) is 0 Å². The van der Waals surface area contributed by atoms with Crippen LogP contribution in [0.3, 0.4) is 0 Å². The molecule has 3 heterocycles. The van der Waals surface area contributed by atoms with E-state index in [1.54, 1.807) is 54.3 Å². The van der Waals surface area contributed by atoms with Crippen molar-refractivity contribution in [2.45, 2.75) is 0 Å². The molecule has 7 heteroatoms. The Morgan fingerprint density at radius 3 is 2.40 bits per heavy atom. The average Bonchev–Trinajstić information content (AvgIpc) is 3.17. The van der Waals surface area contributed by atoms with Crippen LogP contribution < -0.4 is 4.90 Å². The van der Waals surface area contributed by atoms with Gasteiger partial charge in [0, 0.05) is 61.8 Å². The topological polar surface area (TPSA) is 58.4 Å². The molecule has 1 saturated heterocycles. The maximum Gasteiger partial charge on any atom is 0.209 e. The largest absolute Gasteiger partial charge is 0.354 e. The Hall–Kier alpha value is -2.96. The Morgan fingerprint density at radius 1 is 1.00 bits per heavy atom. The number of piperazine rings is 1. The fraction of sp³-hybridized carbons (Fsp3) is 0.261. The second kappa shape index (κ2) is 8.81. The Morgan fingerprint density at radius 2 is 1.73 bits per heavy atom. The van der Waals surface area contributed by atoms with Crippen LogP contribution in [0.4, 0.5) is 5.82 Å². The number of carbonyl (C=O) groups excluding carboxylic acids is 2. The monoisotopic (exact) mass is 422 g/mol. The molecule has 3 aromatic rings. The molecule has 30 heavy (non-hydrogen) atoms. The van der Waals surface area contributed by atoms with Crippen LogP contribution >= 0.6 is 11.6 Å². The van der Waals surface area contributed by atoms with Gasteiger partial charge >= 0.3 is 0 Å². The summed E-state index contributed by atoms with van der Waals surface area (Å²) < 4.78 is 1.71. The van der Waals surface area contributed by atoms with E-state index in [9.17, 15) is 9.59 Å². The van der Waals surface area contributed by atoms with E-state index in [-0.39, 0.29) is 11.6 Å². The molecule has 0 saturated carbocycles. The van der Waals surface area contributed by atoms with Crippen molar-refractivity contribution >= 4 is 29.0 Å². The van der Waals surface area contributed by atoms with Gasteiger partial charge in [0.2, 0.25) is 5.78 Å². The number of aromatic nitrogens is 2. The zero-order valence-electron chi connectivity index (χ0n) is 16.8. The Labute approximate surface area is 180 Å². The van der Waals surface area contributed by atoms with Crippen LogP contribution in [0.1, 0.15) is 26.4 Å². The summed E-state index contributed by atoms with van der Waals surface area (Å²) >= 11 is 5.90. The Kier molecular flexibility index (Phi) is 5.97. The smallest absolute Gasteiger partial charge is 0.209 e. The number of anilines is 1. The van der Waals surface area contributed by atoms with Crippen LogP contribution in [0.5, 0.6) is 0 Å². The first-order chi connectivity index (χ1) is 14.5. The van der Waals surface area contributed by atoms with Gasteiger partial charge in [-0.05, 0) is 42.5 Å². The summed E-state index contributed by atoms with van der Waals surface area (Å²) in [6.45, 7) is 3.60. The minimum Gasteiger partial charge on any atom is -0.354 e. The molecule has 0 unspecified atom stereocenters. The van der Waals surface area contributed by atoms with Crippen molar-refractivity contribution in [1.29, 1.82) is 0 Å². The van der Waals surface area contributed by atoms with Gasteiger partial charge in [-0.2, -0.15) is 0 Å². The molecular weight excluding hydrogens is 400 g/mol. The predicted octanol–water partition coefficient (Wildman–Crippen LogP) is 3.31. The zero-order valence-corrected chi connectivity index (χ0v) is 17.5.